The molecule has 126 valence electrons. The molecule has 1 aromatic carbocycles. The summed E-state index contributed by atoms with van der Waals surface area (Å²) in [6, 6.07) is 8.78. The van der Waals surface area contributed by atoms with Gasteiger partial charge in [-0.15, -0.1) is 5.48 Å². The van der Waals surface area contributed by atoms with Crippen molar-refractivity contribution in [2.24, 2.45) is 0 Å². The molecule has 1 aliphatic rings. The molecule has 1 heterocycles. The average Bonchev–Trinajstić information content (AvgIpc) is 2.40. The van der Waals surface area contributed by atoms with Crippen LogP contribution in [0.25, 0.3) is 0 Å². The summed E-state index contributed by atoms with van der Waals surface area (Å²) in [4.78, 5) is 30.7. The Morgan fingerprint density at radius 2 is 1.87 bits per heavy atom. The smallest absolute Gasteiger partial charge is 0.428 e. The van der Waals surface area contributed by atoms with E-state index in [1.807, 2.05) is 30.3 Å². The number of hydroxylamine groups is 1. The van der Waals surface area contributed by atoms with Crippen LogP contribution in [0, 0.1) is 0 Å². The lowest BCUT2D eigenvalue weighted by Crippen LogP contribution is -2.48. The van der Waals surface area contributed by atoms with Crippen LogP contribution < -0.4 is 5.48 Å². The molecule has 0 unspecified atom stereocenters. The standard InChI is InChI=1S/C17H24N2O4/c1-17(2,3)22-15(20)14(12-13-8-5-4-6-9-13)18-23-16(21)19-10-7-11-19/h4-6,8-9,14,18H,7,10-12H2,1-3H3/t14-/m0/s1. The maximum Gasteiger partial charge on any atom is 0.428 e. The fourth-order valence-corrected chi connectivity index (χ4v) is 2.08. The molecule has 0 aromatic heterocycles. The van der Waals surface area contributed by atoms with Crippen LogP contribution in [0.5, 0.6) is 0 Å². The summed E-state index contributed by atoms with van der Waals surface area (Å²) in [5, 5.41) is 0. The van der Waals surface area contributed by atoms with Crippen LogP contribution in [0.3, 0.4) is 0 Å². The van der Waals surface area contributed by atoms with Crippen LogP contribution in [-0.2, 0) is 20.8 Å². The molecule has 1 N–H and O–H groups in total. The summed E-state index contributed by atoms with van der Waals surface area (Å²) in [7, 11) is 0. The molecule has 0 saturated carbocycles. The lowest BCUT2D eigenvalue weighted by molar-refractivity contribution is -0.160. The summed E-state index contributed by atoms with van der Waals surface area (Å²) >= 11 is 0. The van der Waals surface area contributed by atoms with Crippen molar-refractivity contribution in [2.45, 2.75) is 45.3 Å². The molecule has 0 radical (unpaired) electrons. The maximum atomic E-state index is 12.3. The molecule has 1 aliphatic heterocycles. The molecular formula is C17H24N2O4. The highest BCUT2D eigenvalue weighted by Gasteiger charge is 2.28. The SMILES string of the molecule is CC(C)(C)OC(=O)[C@H](Cc1ccccc1)NOC(=O)N1CCC1. The van der Waals surface area contributed by atoms with E-state index >= 15 is 0 Å². The first kappa shape index (κ1) is 17.3. The molecular weight excluding hydrogens is 296 g/mol. The predicted octanol–water partition coefficient (Wildman–Crippen LogP) is 2.29. The molecule has 1 fully saturated rings. The zero-order valence-corrected chi connectivity index (χ0v) is 13.9. The molecule has 6 heteroatoms. The van der Waals surface area contributed by atoms with E-state index in [0.29, 0.717) is 19.5 Å². The van der Waals surface area contributed by atoms with Gasteiger partial charge in [0.2, 0.25) is 0 Å². The van der Waals surface area contributed by atoms with E-state index in [9.17, 15) is 9.59 Å². The Bertz CT molecular complexity index is 535. The van der Waals surface area contributed by atoms with Gasteiger partial charge in [-0.05, 0) is 32.8 Å². The lowest BCUT2D eigenvalue weighted by Gasteiger charge is -2.30. The van der Waals surface area contributed by atoms with Crippen molar-refractivity contribution in [3.05, 3.63) is 35.9 Å². The Morgan fingerprint density at radius 3 is 2.39 bits per heavy atom. The van der Waals surface area contributed by atoms with E-state index in [2.05, 4.69) is 5.48 Å². The summed E-state index contributed by atoms with van der Waals surface area (Å²) < 4.78 is 5.40. The molecule has 0 aliphatic carbocycles. The number of hydrogen-bond donors (Lipinski definition) is 1. The Hall–Kier alpha value is -2.08. The largest absolute Gasteiger partial charge is 0.459 e. The van der Waals surface area contributed by atoms with Crippen LogP contribution in [-0.4, -0.2) is 41.7 Å². The van der Waals surface area contributed by atoms with Crippen molar-refractivity contribution in [3.8, 4) is 0 Å². The van der Waals surface area contributed by atoms with Gasteiger partial charge in [-0.25, -0.2) is 4.79 Å². The molecule has 1 aromatic rings. The first-order chi connectivity index (χ1) is 10.8. The second kappa shape index (κ2) is 7.46. The summed E-state index contributed by atoms with van der Waals surface area (Å²) in [5.74, 6) is -0.447. The number of ether oxygens (including phenoxy) is 1. The third-order valence-electron chi connectivity index (χ3n) is 3.38. The van der Waals surface area contributed by atoms with Gasteiger partial charge < -0.3 is 14.5 Å². The Balaban J connectivity index is 1.97. The number of benzene rings is 1. The zero-order valence-electron chi connectivity index (χ0n) is 13.9. The van der Waals surface area contributed by atoms with Crippen LogP contribution >= 0.6 is 0 Å². The highest BCUT2D eigenvalue weighted by atomic mass is 16.7. The van der Waals surface area contributed by atoms with Crippen molar-refractivity contribution in [1.29, 1.82) is 0 Å². The summed E-state index contributed by atoms with van der Waals surface area (Å²) in [6.45, 7) is 6.79. The summed E-state index contributed by atoms with van der Waals surface area (Å²) in [5.41, 5.74) is 2.93. The van der Waals surface area contributed by atoms with Crippen LogP contribution in [0.4, 0.5) is 4.79 Å². The van der Waals surface area contributed by atoms with Gasteiger partial charge in [0.25, 0.3) is 0 Å². The molecule has 1 saturated heterocycles. The van der Waals surface area contributed by atoms with E-state index in [4.69, 9.17) is 9.57 Å². The second-order valence-corrected chi connectivity index (χ2v) is 6.60. The van der Waals surface area contributed by atoms with Gasteiger partial charge in [0, 0.05) is 19.5 Å². The molecule has 1 atom stereocenters. The molecule has 1 amide bonds. The van der Waals surface area contributed by atoms with Crippen molar-refractivity contribution in [3.63, 3.8) is 0 Å². The number of carbonyl (C=O) groups excluding carboxylic acids is 2. The number of amides is 1. The minimum Gasteiger partial charge on any atom is -0.459 e. The number of nitrogens with one attached hydrogen (secondary N) is 1. The molecule has 0 spiro atoms. The number of likely N-dealkylation sites (tertiary alicyclic amines) is 1. The van der Waals surface area contributed by atoms with Crippen molar-refractivity contribution >= 4 is 12.1 Å². The van der Waals surface area contributed by atoms with Gasteiger partial charge in [-0.1, -0.05) is 30.3 Å². The van der Waals surface area contributed by atoms with E-state index in [-0.39, 0.29) is 0 Å². The molecule has 2 rings (SSSR count). The first-order valence-corrected chi connectivity index (χ1v) is 7.83. The third-order valence-corrected chi connectivity index (χ3v) is 3.38. The molecule has 23 heavy (non-hydrogen) atoms. The summed E-state index contributed by atoms with van der Waals surface area (Å²) in [6.07, 6.45) is 0.898. The Morgan fingerprint density at radius 1 is 1.22 bits per heavy atom. The molecule has 0 bridgehead atoms. The van der Waals surface area contributed by atoms with E-state index < -0.39 is 23.7 Å². The number of nitrogens with zero attached hydrogens (tertiary/aromatic N) is 1. The van der Waals surface area contributed by atoms with Crippen LogP contribution in [0.2, 0.25) is 0 Å². The van der Waals surface area contributed by atoms with Crippen molar-refractivity contribution in [2.75, 3.05) is 13.1 Å². The fourth-order valence-electron chi connectivity index (χ4n) is 2.08. The van der Waals surface area contributed by atoms with Crippen LogP contribution in [0.1, 0.15) is 32.8 Å². The van der Waals surface area contributed by atoms with E-state index in [0.717, 1.165) is 12.0 Å². The van der Waals surface area contributed by atoms with Crippen LogP contribution in [0.15, 0.2) is 30.3 Å². The minimum absolute atomic E-state index is 0.378. The zero-order chi connectivity index (χ0) is 16.9. The minimum atomic E-state index is -0.748. The van der Waals surface area contributed by atoms with E-state index in [1.165, 1.54) is 0 Å². The highest BCUT2D eigenvalue weighted by Crippen LogP contribution is 2.12. The highest BCUT2D eigenvalue weighted by molar-refractivity contribution is 5.77. The predicted molar refractivity (Wildman–Crippen MR) is 85.6 cm³/mol. The van der Waals surface area contributed by atoms with Gasteiger partial charge in [0.1, 0.15) is 11.6 Å². The van der Waals surface area contributed by atoms with Gasteiger partial charge in [-0.3, -0.25) is 4.79 Å². The lowest BCUT2D eigenvalue weighted by atomic mass is 10.1. The van der Waals surface area contributed by atoms with Gasteiger partial charge in [0.15, 0.2) is 0 Å². The fraction of sp³-hybridized carbons (Fsp3) is 0.529. The number of rotatable bonds is 5. The normalized spacial score (nSPS) is 15.5. The van der Waals surface area contributed by atoms with E-state index in [1.54, 1.807) is 25.7 Å². The Kier molecular flexibility index (Phi) is 5.60. The quantitative estimate of drug-likeness (QED) is 0.666. The van der Waals surface area contributed by atoms with Gasteiger partial charge in [-0.2, -0.15) is 0 Å². The first-order valence-electron chi connectivity index (χ1n) is 7.83. The number of hydrogen-bond acceptors (Lipinski definition) is 5. The topological polar surface area (TPSA) is 67.9 Å². The molecule has 6 nitrogen and oxygen atoms in total. The average molecular weight is 320 g/mol. The van der Waals surface area contributed by atoms with Gasteiger partial charge >= 0.3 is 12.1 Å². The van der Waals surface area contributed by atoms with Gasteiger partial charge in [0.05, 0.1) is 0 Å². The number of carbonyl (C=O) groups is 2. The third kappa shape index (κ3) is 5.56. The number of esters is 1. The maximum absolute atomic E-state index is 12.3. The Labute approximate surface area is 136 Å². The monoisotopic (exact) mass is 320 g/mol. The second-order valence-electron chi connectivity index (χ2n) is 6.60. The van der Waals surface area contributed by atoms with Crippen molar-refractivity contribution in [1.82, 2.24) is 10.4 Å². The van der Waals surface area contributed by atoms with Crippen molar-refractivity contribution < 1.29 is 19.2 Å².